The molecule has 0 bridgehead atoms. The van der Waals surface area contributed by atoms with Crippen LogP contribution in [0.4, 0.5) is 5.95 Å². The van der Waals surface area contributed by atoms with Crippen LogP contribution in [-0.4, -0.2) is 31.9 Å². The van der Waals surface area contributed by atoms with Gasteiger partial charge in [0.25, 0.3) is 5.56 Å². The van der Waals surface area contributed by atoms with E-state index in [4.69, 9.17) is 9.84 Å². The van der Waals surface area contributed by atoms with Crippen LogP contribution in [0.3, 0.4) is 0 Å². The number of aromatic nitrogens is 2. The number of thiophene rings is 1. The summed E-state index contributed by atoms with van der Waals surface area (Å²) >= 11 is 1.42. The Labute approximate surface area is 170 Å². The van der Waals surface area contributed by atoms with Crippen molar-refractivity contribution >= 4 is 39.2 Å². The molecule has 4 rings (SSSR count). The summed E-state index contributed by atoms with van der Waals surface area (Å²) in [4.78, 5) is 30.8. The van der Waals surface area contributed by atoms with Crippen LogP contribution < -0.4 is 11.0 Å². The molecule has 2 N–H and O–H groups in total. The van der Waals surface area contributed by atoms with Crippen molar-refractivity contribution in [1.82, 2.24) is 9.55 Å². The summed E-state index contributed by atoms with van der Waals surface area (Å²) < 4.78 is 7.31. The van der Waals surface area contributed by atoms with Gasteiger partial charge in [-0.25, -0.2) is 19.8 Å². The van der Waals surface area contributed by atoms with Crippen LogP contribution in [0.5, 0.6) is 0 Å². The zero-order valence-electron chi connectivity index (χ0n) is 16.2. The van der Waals surface area contributed by atoms with Gasteiger partial charge in [-0.15, -0.1) is 11.3 Å². The highest BCUT2D eigenvalue weighted by molar-refractivity contribution is 7.18. The number of ether oxygens (including phenoxy) is 1. The second kappa shape index (κ2) is 7.09. The molecule has 3 heterocycles. The molecular weight excluding hydrogens is 392 g/mol. The predicted octanol–water partition coefficient (Wildman–Crippen LogP) is 3.17. The number of para-hydroxylation sites is 1. The molecule has 1 aliphatic heterocycles. The molecule has 0 saturated carbocycles. The average molecular weight is 412 g/mol. The minimum atomic E-state index is -1.15. The number of nitrogens with zero attached hydrogens (tertiary/aromatic N) is 3. The van der Waals surface area contributed by atoms with Crippen LogP contribution in [0.1, 0.15) is 31.2 Å². The highest BCUT2D eigenvalue weighted by atomic mass is 32.1. The molecule has 1 aromatic carbocycles. The number of carbonyl (C=O) groups is 1. The van der Waals surface area contributed by atoms with Crippen molar-refractivity contribution in [3.8, 4) is 5.69 Å². The van der Waals surface area contributed by atoms with Crippen molar-refractivity contribution in [3.05, 3.63) is 51.1 Å². The fourth-order valence-electron chi connectivity index (χ4n) is 3.27. The number of hydrogen-bond donors (Lipinski definition) is 2. The number of nitrogens with one attached hydrogen (secondary N) is 1. The van der Waals surface area contributed by atoms with Gasteiger partial charge in [0.1, 0.15) is 10.5 Å². The zero-order chi connectivity index (χ0) is 20.8. The number of carboxylic acid groups (broad SMARTS) is 1. The van der Waals surface area contributed by atoms with Gasteiger partial charge in [-0.1, -0.05) is 18.2 Å². The van der Waals surface area contributed by atoms with E-state index in [1.807, 2.05) is 32.0 Å². The lowest BCUT2D eigenvalue weighted by molar-refractivity contribution is -0.129. The van der Waals surface area contributed by atoms with Gasteiger partial charge in [0.15, 0.2) is 0 Å². The van der Waals surface area contributed by atoms with Gasteiger partial charge in [-0.3, -0.25) is 4.79 Å². The summed E-state index contributed by atoms with van der Waals surface area (Å²) in [5.41, 5.74) is 3.53. The molecule has 0 fully saturated rings. The van der Waals surface area contributed by atoms with E-state index in [-0.39, 0.29) is 22.8 Å². The number of hydrazone groups is 1. The van der Waals surface area contributed by atoms with Crippen molar-refractivity contribution in [1.29, 1.82) is 0 Å². The van der Waals surface area contributed by atoms with Crippen LogP contribution in [0.25, 0.3) is 15.9 Å². The summed E-state index contributed by atoms with van der Waals surface area (Å²) in [5.74, 6) is -0.994. The van der Waals surface area contributed by atoms with Gasteiger partial charge in [-0.2, -0.15) is 5.10 Å². The molecule has 9 heteroatoms. The maximum absolute atomic E-state index is 13.6. The molecule has 0 atom stereocenters. The molecule has 8 nitrogen and oxygen atoms in total. The van der Waals surface area contributed by atoms with E-state index in [0.717, 1.165) is 10.4 Å². The Bertz CT molecular complexity index is 1190. The number of benzene rings is 1. The van der Waals surface area contributed by atoms with Crippen molar-refractivity contribution in [2.45, 2.75) is 39.4 Å². The summed E-state index contributed by atoms with van der Waals surface area (Å²) in [6.07, 6.45) is 0.622. The maximum Gasteiger partial charge on any atom is 0.351 e. The molecular formula is C20H20N4O4S. The molecule has 0 unspecified atom stereocenters. The van der Waals surface area contributed by atoms with Crippen molar-refractivity contribution < 1.29 is 14.6 Å². The largest absolute Gasteiger partial charge is 0.477 e. The third kappa shape index (κ3) is 3.54. The second-order valence-electron chi connectivity index (χ2n) is 7.43. The summed E-state index contributed by atoms with van der Waals surface area (Å²) in [6, 6.07) is 9.08. The minimum Gasteiger partial charge on any atom is -0.477 e. The van der Waals surface area contributed by atoms with E-state index in [0.29, 0.717) is 28.9 Å². The smallest absolute Gasteiger partial charge is 0.351 e. The number of fused-ring (bicyclic) bond motifs is 3. The SMILES string of the molecule is CC(=NNc1nc2sc3c(c2c(=O)n1-c1ccccc1)CC(C)(C)OC3)C(=O)O. The maximum atomic E-state index is 13.6. The van der Waals surface area contributed by atoms with E-state index in [2.05, 4.69) is 15.5 Å². The molecule has 3 aromatic rings. The Hall–Kier alpha value is -3.04. The van der Waals surface area contributed by atoms with Crippen molar-refractivity contribution in [2.75, 3.05) is 5.43 Å². The molecule has 0 radical (unpaired) electrons. The molecule has 29 heavy (non-hydrogen) atoms. The Balaban J connectivity index is 1.96. The van der Waals surface area contributed by atoms with E-state index in [9.17, 15) is 9.59 Å². The lowest BCUT2D eigenvalue weighted by Gasteiger charge is -2.29. The molecule has 150 valence electrons. The number of anilines is 1. The Morgan fingerprint density at radius 3 is 2.76 bits per heavy atom. The number of aliphatic carboxylic acids is 1. The number of hydrogen-bond acceptors (Lipinski definition) is 7. The first-order valence-electron chi connectivity index (χ1n) is 9.07. The third-order valence-electron chi connectivity index (χ3n) is 4.75. The van der Waals surface area contributed by atoms with E-state index in [1.165, 1.54) is 22.8 Å². The normalized spacial score (nSPS) is 15.9. The highest BCUT2D eigenvalue weighted by Crippen LogP contribution is 2.37. The average Bonchev–Trinajstić information content (AvgIpc) is 3.03. The summed E-state index contributed by atoms with van der Waals surface area (Å²) in [5, 5.41) is 13.5. The van der Waals surface area contributed by atoms with Crippen LogP contribution in [-0.2, 0) is 22.6 Å². The van der Waals surface area contributed by atoms with E-state index >= 15 is 0 Å². The molecule has 0 saturated heterocycles. The third-order valence-corrected chi connectivity index (χ3v) is 5.85. The quantitative estimate of drug-likeness (QED) is 0.504. The van der Waals surface area contributed by atoms with Crippen molar-refractivity contribution in [2.24, 2.45) is 5.10 Å². The summed E-state index contributed by atoms with van der Waals surface area (Å²) in [7, 11) is 0. The zero-order valence-corrected chi connectivity index (χ0v) is 17.0. The van der Waals surface area contributed by atoms with E-state index < -0.39 is 5.97 Å². The Morgan fingerprint density at radius 2 is 2.07 bits per heavy atom. The molecule has 0 aliphatic carbocycles. The monoisotopic (exact) mass is 412 g/mol. The molecule has 2 aromatic heterocycles. The topological polar surface area (TPSA) is 106 Å². The predicted molar refractivity (Wildman–Crippen MR) is 112 cm³/mol. The lowest BCUT2D eigenvalue weighted by Crippen LogP contribution is -2.32. The second-order valence-corrected chi connectivity index (χ2v) is 8.52. The standard InChI is InChI=1S/C20H20N4O4S/c1-11(18(26)27)22-23-19-21-16-15(13-9-20(2,3)28-10-14(13)29-16)17(25)24(19)12-7-5-4-6-8-12/h4-8H,9-10H2,1-3H3,(H,21,23)(H,26,27). The first-order chi connectivity index (χ1) is 13.8. The Kier molecular flexibility index (Phi) is 4.71. The summed E-state index contributed by atoms with van der Waals surface area (Å²) in [6.45, 7) is 5.80. The van der Waals surface area contributed by atoms with Gasteiger partial charge in [0.2, 0.25) is 5.95 Å². The molecule has 0 amide bonds. The molecule has 0 spiro atoms. The van der Waals surface area contributed by atoms with Crippen molar-refractivity contribution in [3.63, 3.8) is 0 Å². The first-order valence-corrected chi connectivity index (χ1v) is 9.89. The van der Waals surface area contributed by atoms with Crippen LogP contribution in [0.2, 0.25) is 0 Å². The fourth-order valence-corrected chi connectivity index (χ4v) is 4.36. The lowest BCUT2D eigenvalue weighted by atomic mass is 9.94. The van der Waals surface area contributed by atoms with Gasteiger partial charge in [0, 0.05) is 11.3 Å². The number of carboxylic acids is 1. The Morgan fingerprint density at radius 1 is 1.34 bits per heavy atom. The van der Waals surface area contributed by atoms with Gasteiger partial charge >= 0.3 is 5.97 Å². The molecule has 1 aliphatic rings. The first kappa shape index (κ1) is 19.3. The van der Waals surface area contributed by atoms with Crippen LogP contribution in [0, 0.1) is 0 Å². The number of rotatable bonds is 4. The van der Waals surface area contributed by atoms with Crippen LogP contribution in [0.15, 0.2) is 40.2 Å². The van der Waals surface area contributed by atoms with Crippen LogP contribution >= 0.6 is 11.3 Å². The van der Waals surface area contributed by atoms with Gasteiger partial charge in [0.05, 0.1) is 23.3 Å². The fraction of sp³-hybridized carbons (Fsp3) is 0.300. The highest BCUT2D eigenvalue weighted by Gasteiger charge is 2.31. The van der Waals surface area contributed by atoms with Gasteiger partial charge < -0.3 is 9.84 Å². The van der Waals surface area contributed by atoms with Gasteiger partial charge in [-0.05, 0) is 38.5 Å². The minimum absolute atomic E-state index is 0.139. The van der Waals surface area contributed by atoms with E-state index in [1.54, 1.807) is 12.1 Å².